The second kappa shape index (κ2) is 6.85. The summed E-state index contributed by atoms with van der Waals surface area (Å²) >= 11 is 1.15. The first kappa shape index (κ1) is 17.4. The lowest BCUT2D eigenvalue weighted by Gasteiger charge is -2.06. The van der Waals surface area contributed by atoms with Crippen LogP contribution in [0.25, 0.3) is 10.9 Å². The lowest BCUT2D eigenvalue weighted by molar-refractivity contribution is 0.0985. The summed E-state index contributed by atoms with van der Waals surface area (Å²) in [7, 11) is -4.12. The van der Waals surface area contributed by atoms with Crippen LogP contribution in [-0.4, -0.2) is 24.3 Å². The second-order valence-electron chi connectivity index (χ2n) is 5.31. The highest BCUT2D eigenvalue weighted by molar-refractivity contribution is 7.90. The number of thiazole rings is 1. The molecule has 1 amide bonds. The van der Waals surface area contributed by atoms with Gasteiger partial charge in [-0.1, -0.05) is 6.92 Å². The quantitative estimate of drug-likeness (QED) is 0.736. The van der Waals surface area contributed by atoms with E-state index in [1.807, 2.05) is 11.6 Å². The average Bonchev–Trinajstić information content (AvgIpc) is 3.03. The Labute approximate surface area is 147 Å². The van der Waals surface area contributed by atoms with Crippen LogP contribution in [0, 0.1) is 5.82 Å². The number of halogens is 1. The van der Waals surface area contributed by atoms with Crippen molar-refractivity contribution in [1.82, 2.24) is 14.7 Å². The van der Waals surface area contributed by atoms with E-state index in [0.717, 1.165) is 35.4 Å². The lowest BCUT2D eigenvalue weighted by atomic mass is 10.2. The molecule has 0 radical (unpaired) electrons. The standard InChI is InChI=1S/C16H14FN3O3S2/c1-2-3-15-19-9-14(24-15)16(21)20-25(22,23)12-7-10-6-11(17)4-5-13(10)18-8-12/h4-9H,2-3H2,1H3,(H,20,21). The number of hydrogen-bond acceptors (Lipinski definition) is 6. The van der Waals surface area contributed by atoms with Crippen LogP contribution < -0.4 is 4.72 Å². The first-order valence-electron chi connectivity index (χ1n) is 7.46. The molecule has 0 saturated carbocycles. The van der Waals surface area contributed by atoms with Crippen LogP contribution in [0.4, 0.5) is 4.39 Å². The molecule has 0 aliphatic heterocycles. The molecule has 0 unspecified atom stereocenters. The van der Waals surface area contributed by atoms with Crippen molar-refractivity contribution in [1.29, 1.82) is 0 Å². The minimum absolute atomic E-state index is 0.211. The first-order valence-corrected chi connectivity index (χ1v) is 9.76. The fourth-order valence-corrected chi connectivity index (χ4v) is 4.13. The van der Waals surface area contributed by atoms with Gasteiger partial charge in [0.15, 0.2) is 0 Å². The molecule has 0 spiro atoms. The van der Waals surface area contributed by atoms with Crippen LogP contribution in [0.5, 0.6) is 0 Å². The van der Waals surface area contributed by atoms with Gasteiger partial charge < -0.3 is 0 Å². The molecule has 3 aromatic rings. The Bertz CT molecular complexity index is 1050. The van der Waals surface area contributed by atoms with Crippen molar-refractivity contribution in [3.05, 3.63) is 52.4 Å². The SMILES string of the molecule is CCCc1ncc(C(=O)NS(=O)(=O)c2cnc3ccc(F)cc3c2)s1. The third-order valence-electron chi connectivity index (χ3n) is 3.40. The maximum Gasteiger partial charge on any atom is 0.276 e. The van der Waals surface area contributed by atoms with Crippen LogP contribution in [0.1, 0.15) is 28.0 Å². The van der Waals surface area contributed by atoms with Crippen molar-refractivity contribution in [3.63, 3.8) is 0 Å². The van der Waals surface area contributed by atoms with Crippen molar-refractivity contribution in [2.45, 2.75) is 24.7 Å². The van der Waals surface area contributed by atoms with Gasteiger partial charge in [0, 0.05) is 11.6 Å². The number of aromatic nitrogens is 2. The van der Waals surface area contributed by atoms with Crippen molar-refractivity contribution in [2.75, 3.05) is 0 Å². The van der Waals surface area contributed by atoms with Crippen LogP contribution in [-0.2, 0) is 16.4 Å². The van der Waals surface area contributed by atoms with Gasteiger partial charge in [-0.05, 0) is 37.1 Å². The van der Waals surface area contributed by atoms with Gasteiger partial charge in [0.25, 0.3) is 15.9 Å². The molecule has 2 heterocycles. The zero-order valence-electron chi connectivity index (χ0n) is 13.2. The second-order valence-corrected chi connectivity index (χ2v) is 8.11. The maximum absolute atomic E-state index is 13.3. The van der Waals surface area contributed by atoms with E-state index in [2.05, 4.69) is 9.97 Å². The number of pyridine rings is 1. The van der Waals surface area contributed by atoms with Crippen molar-refractivity contribution in [2.24, 2.45) is 0 Å². The van der Waals surface area contributed by atoms with Crippen LogP contribution in [0.3, 0.4) is 0 Å². The minimum Gasteiger partial charge on any atom is -0.267 e. The van der Waals surface area contributed by atoms with E-state index in [0.29, 0.717) is 10.9 Å². The van der Waals surface area contributed by atoms with Gasteiger partial charge >= 0.3 is 0 Å². The summed E-state index contributed by atoms with van der Waals surface area (Å²) in [6, 6.07) is 5.15. The van der Waals surface area contributed by atoms with Crippen LogP contribution in [0.15, 0.2) is 41.6 Å². The number of carbonyl (C=O) groups is 1. The molecule has 0 fully saturated rings. The van der Waals surface area contributed by atoms with Crippen molar-refractivity contribution in [3.8, 4) is 0 Å². The number of benzene rings is 1. The van der Waals surface area contributed by atoms with E-state index in [4.69, 9.17) is 0 Å². The molecule has 9 heteroatoms. The number of sulfonamides is 1. The van der Waals surface area contributed by atoms with Crippen molar-refractivity contribution >= 4 is 38.2 Å². The summed E-state index contributed by atoms with van der Waals surface area (Å²) in [5.74, 6) is -1.25. The van der Waals surface area contributed by atoms with E-state index in [1.165, 1.54) is 30.5 Å². The number of nitrogens with zero attached hydrogens (tertiary/aromatic N) is 2. The Kier molecular flexibility index (Phi) is 4.78. The van der Waals surface area contributed by atoms with Gasteiger partial charge in [-0.15, -0.1) is 11.3 Å². The predicted octanol–water partition coefficient (Wildman–Crippen LogP) is 2.90. The van der Waals surface area contributed by atoms with Crippen LogP contribution in [0.2, 0.25) is 0 Å². The molecule has 6 nitrogen and oxygen atoms in total. The Morgan fingerprint density at radius 1 is 1.24 bits per heavy atom. The molecular formula is C16H14FN3O3S2. The van der Waals surface area contributed by atoms with Gasteiger partial charge in [0.1, 0.15) is 15.6 Å². The highest BCUT2D eigenvalue weighted by Crippen LogP contribution is 2.19. The van der Waals surface area contributed by atoms with Crippen molar-refractivity contribution < 1.29 is 17.6 Å². The molecule has 1 N–H and O–H groups in total. The van der Waals surface area contributed by atoms with E-state index >= 15 is 0 Å². The largest absolute Gasteiger partial charge is 0.276 e. The van der Waals surface area contributed by atoms with E-state index < -0.39 is 21.7 Å². The molecule has 0 atom stereocenters. The zero-order chi connectivity index (χ0) is 18.0. The average molecular weight is 379 g/mol. The monoisotopic (exact) mass is 379 g/mol. The lowest BCUT2D eigenvalue weighted by Crippen LogP contribution is -2.30. The summed E-state index contributed by atoms with van der Waals surface area (Å²) in [6.07, 6.45) is 4.09. The molecule has 0 aliphatic rings. The Hall–Kier alpha value is -2.39. The fourth-order valence-electron chi connectivity index (χ4n) is 2.21. The summed E-state index contributed by atoms with van der Waals surface area (Å²) in [5, 5.41) is 1.10. The summed E-state index contributed by atoms with van der Waals surface area (Å²) in [4.78, 5) is 20.3. The van der Waals surface area contributed by atoms with Gasteiger partial charge in [-0.3, -0.25) is 9.78 Å². The summed E-state index contributed by atoms with van der Waals surface area (Å²) in [6.45, 7) is 1.99. The molecule has 0 bridgehead atoms. The molecule has 0 aliphatic carbocycles. The number of amides is 1. The maximum atomic E-state index is 13.3. The molecular weight excluding hydrogens is 365 g/mol. The Morgan fingerprint density at radius 3 is 2.80 bits per heavy atom. The van der Waals surface area contributed by atoms with E-state index in [1.54, 1.807) is 0 Å². The highest BCUT2D eigenvalue weighted by Gasteiger charge is 2.21. The van der Waals surface area contributed by atoms with E-state index in [9.17, 15) is 17.6 Å². The van der Waals surface area contributed by atoms with Gasteiger partial charge in [-0.2, -0.15) is 0 Å². The van der Waals surface area contributed by atoms with E-state index in [-0.39, 0.29) is 9.77 Å². The summed E-state index contributed by atoms with van der Waals surface area (Å²) < 4.78 is 40.1. The molecule has 130 valence electrons. The predicted molar refractivity (Wildman–Crippen MR) is 92.5 cm³/mol. The number of rotatable bonds is 5. The molecule has 0 saturated heterocycles. The molecule has 3 rings (SSSR count). The number of hydrogen-bond donors (Lipinski definition) is 1. The highest BCUT2D eigenvalue weighted by atomic mass is 32.2. The third kappa shape index (κ3) is 3.83. The first-order chi connectivity index (χ1) is 11.9. The van der Waals surface area contributed by atoms with Gasteiger partial charge in [0.05, 0.1) is 16.7 Å². The normalized spacial score (nSPS) is 11.6. The Morgan fingerprint density at radius 2 is 2.04 bits per heavy atom. The third-order valence-corrected chi connectivity index (χ3v) is 5.75. The van der Waals surface area contributed by atoms with Gasteiger partial charge in [-0.25, -0.2) is 22.5 Å². The summed E-state index contributed by atoms with van der Waals surface area (Å²) in [5.41, 5.74) is 0.457. The number of fused-ring (bicyclic) bond motifs is 1. The fraction of sp³-hybridized carbons (Fsp3) is 0.188. The van der Waals surface area contributed by atoms with Crippen LogP contribution >= 0.6 is 11.3 Å². The van der Waals surface area contributed by atoms with Gasteiger partial charge in [0.2, 0.25) is 0 Å². The number of nitrogens with one attached hydrogen (secondary N) is 1. The smallest absolute Gasteiger partial charge is 0.267 e. The molecule has 25 heavy (non-hydrogen) atoms. The molecule has 2 aromatic heterocycles. The molecule has 1 aromatic carbocycles. The number of carbonyl (C=O) groups excluding carboxylic acids is 1. The minimum atomic E-state index is -4.12. The topological polar surface area (TPSA) is 89.0 Å². The Balaban J connectivity index is 1.86. The number of aryl methyl sites for hydroxylation is 1. The zero-order valence-corrected chi connectivity index (χ0v) is 14.8.